The Kier molecular flexibility index (Phi) is 6.55. The first-order valence-corrected chi connectivity index (χ1v) is 7.84. The van der Waals surface area contributed by atoms with Gasteiger partial charge in [0.2, 0.25) is 0 Å². The van der Waals surface area contributed by atoms with E-state index in [9.17, 15) is 9.59 Å². The maximum atomic E-state index is 12.0. The van der Waals surface area contributed by atoms with Gasteiger partial charge in [0.25, 0.3) is 0 Å². The zero-order valence-electron chi connectivity index (χ0n) is 13.2. The molecule has 1 aromatic carbocycles. The van der Waals surface area contributed by atoms with E-state index >= 15 is 0 Å². The predicted octanol–water partition coefficient (Wildman–Crippen LogP) is 2.86. The second-order valence-electron chi connectivity index (χ2n) is 5.52. The number of benzene rings is 1. The van der Waals surface area contributed by atoms with E-state index in [-0.39, 0.29) is 30.1 Å². The Morgan fingerprint density at radius 2 is 2.04 bits per heavy atom. The van der Waals surface area contributed by atoms with Crippen LogP contribution in [0.15, 0.2) is 24.3 Å². The van der Waals surface area contributed by atoms with Crippen LogP contribution in [0.3, 0.4) is 0 Å². The van der Waals surface area contributed by atoms with Crippen LogP contribution in [0.25, 0.3) is 0 Å². The van der Waals surface area contributed by atoms with Crippen LogP contribution in [0.1, 0.15) is 53.3 Å². The first-order valence-electron chi connectivity index (χ1n) is 7.84. The number of carbonyl (C=O) groups excluding carboxylic acids is 1. The van der Waals surface area contributed by atoms with E-state index in [0.717, 1.165) is 25.9 Å². The quantitative estimate of drug-likeness (QED) is 0.777. The molecule has 1 saturated heterocycles. The second-order valence-corrected chi connectivity index (χ2v) is 5.52. The lowest BCUT2D eigenvalue weighted by atomic mass is 10.1. The fraction of sp³-hybridized carbons (Fsp3) is 0.529. The van der Waals surface area contributed by atoms with E-state index < -0.39 is 11.9 Å². The molecule has 0 spiro atoms. The van der Waals surface area contributed by atoms with Crippen molar-refractivity contribution >= 4 is 11.9 Å². The summed E-state index contributed by atoms with van der Waals surface area (Å²) in [7, 11) is 0. The molecule has 1 fully saturated rings. The second kappa shape index (κ2) is 8.64. The van der Waals surface area contributed by atoms with Crippen molar-refractivity contribution in [1.29, 1.82) is 0 Å². The SMILES string of the molecule is CC(CCOC(=O)c1ccccc1C(=O)O)OC1CCCCO1. The number of carbonyl (C=O) groups is 2. The Bertz CT molecular complexity index is 536. The minimum atomic E-state index is -1.15. The van der Waals surface area contributed by atoms with Crippen LogP contribution < -0.4 is 0 Å². The van der Waals surface area contributed by atoms with Crippen LogP contribution in [0.2, 0.25) is 0 Å². The van der Waals surface area contributed by atoms with Gasteiger partial charge in [0.05, 0.1) is 23.8 Å². The van der Waals surface area contributed by atoms with Crippen LogP contribution >= 0.6 is 0 Å². The minimum absolute atomic E-state index is 0.0580. The fourth-order valence-electron chi connectivity index (χ4n) is 2.39. The van der Waals surface area contributed by atoms with Gasteiger partial charge >= 0.3 is 11.9 Å². The molecule has 1 heterocycles. The van der Waals surface area contributed by atoms with E-state index in [1.165, 1.54) is 12.1 Å². The van der Waals surface area contributed by atoms with Crippen LogP contribution in [0.5, 0.6) is 0 Å². The molecular weight excluding hydrogens is 300 g/mol. The molecule has 1 aliphatic heterocycles. The molecule has 6 heteroatoms. The molecule has 0 bridgehead atoms. The van der Waals surface area contributed by atoms with Crippen LogP contribution in [-0.2, 0) is 14.2 Å². The van der Waals surface area contributed by atoms with E-state index in [2.05, 4.69) is 0 Å². The van der Waals surface area contributed by atoms with Crippen molar-refractivity contribution in [2.24, 2.45) is 0 Å². The molecule has 2 unspecified atom stereocenters. The zero-order chi connectivity index (χ0) is 16.7. The van der Waals surface area contributed by atoms with Gasteiger partial charge in [0.1, 0.15) is 0 Å². The average molecular weight is 322 g/mol. The molecule has 0 aromatic heterocycles. The van der Waals surface area contributed by atoms with Gasteiger partial charge in [-0.3, -0.25) is 0 Å². The smallest absolute Gasteiger partial charge is 0.339 e. The summed E-state index contributed by atoms with van der Waals surface area (Å²) in [5.41, 5.74) is 0.00147. The molecular formula is C17H22O6. The van der Waals surface area contributed by atoms with Gasteiger partial charge in [-0.05, 0) is 38.3 Å². The van der Waals surface area contributed by atoms with Gasteiger partial charge in [0.15, 0.2) is 6.29 Å². The van der Waals surface area contributed by atoms with Crippen molar-refractivity contribution in [3.8, 4) is 0 Å². The number of hydrogen-bond donors (Lipinski definition) is 1. The van der Waals surface area contributed by atoms with Crippen LogP contribution in [0.4, 0.5) is 0 Å². The van der Waals surface area contributed by atoms with Gasteiger partial charge in [-0.25, -0.2) is 9.59 Å². The molecule has 1 aliphatic rings. The van der Waals surface area contributed by atoms with Crippen molar-refractivity contribution in [1.82, 2.24) is 0 Å². The standard InChI is InChI=1S/C17H22O6/c1-12(23-15-8-4-5-10-21-15)9-11-22-17(20)14-7-3-2-6-13(14)16(18)19/h2-3,6-7,12,15H,4-5,8-11H2,1H3,(H,18,19). The monoisotopic (exact) mass is 322 g/mol. The molecule has 2 rings (SSSR count). The van der Waals surface area contributed by atoms with Crippen molar-refractivity contribution in [3.05, 3.63) is 35.4 Å². The maximum absolute atomic E-state index is 12.0. The third kappa shape index (κ3) is 5.33. The highest BCUT2D eigenvalue weighted by Gasteiger charge is 2.19. The predicted molar refractivity (Wildman–Crippen MR) is 82.4 cm³/mol. The van der Waals surface area contributed by atoms with Crippen molar-refractivity contribution < 1.29 is 28.9 Å². The van der Waals surface area contributed by atoms with Crippen LogP contribution in [0, 0.1) is 0 Å². The first kappa shape index (κ1) is 17.4. The lowest BCUT2D eigenvalue weighted by Gasteiger charge is -2.26. The lowest BCUT2D eigenvalue weighted by Crippen LogP contribution is -2.27. The molecule has 1 aromatic rings. The van der Waals surface area contributed by atoms with Crippen molar-refractivity contribution in [3.63, 3.8) is 0 Å². The molecule has 6 nitrogen and oxygen atoms in total. The van der Waals surface area contributed by atoms with Gasteiger partial charge in [-0.1, -0.05) is 12.1 Å². The van der Waals surface area contributed by atoms with Crippen LogP contribution in [-0.4, -0.2) is 42.7 Å². The lowest BCUT2D eigenvalue weighted by molar-refractivity contribution is -0.186. The molecule has 126 valence electrons. The highest BCUT2D eigenvalue weighted by Crippen LogP contribution is 2.16. The van der Waals surface area contributed by atoms with Crippen molar-refractivity contribution in [2.75, 3.05) is 13.2 Å². The van der Waals surface area contributed by atoms with E-state index in [1.54, 1.807) is 12.1 Å². The maximum Gasteiger partial charge on any atom is 0.339 e. The van der Waals surface area contributed by atoms with Gasteiger partial charge in [-0.15, -0.1) is 0 Å². The molecule has 0 amide bonds. The molecule has 2 atom stereocenters. The number of aromatic carboxylic acids is 1. The third-order valence-electron chi connectivity index (χ3n) is 3.66. The summed E-state index contributed by atoms with van der Waals surface area (Å²) in [6, 6.07) is 6.00. The highest BCUT2D eigenvalue weighted by molar-refractivity contribution is 6.02. The Balaban J connectivity index is 1.77. The van der Waals surface area contributed by atoms with E-state index in [1.807, 2.05) is 6.92 Å². The summed E-state index contributed by atoms with van der Waals surface area (Å²) in [6.45, 7) is 2.79. The summed E-state index contributed by atoms with van der Waals surface area (Å²) in [4.78, 5) is 23.1. The Labute approximate surface area is 135 Å². The van der Waals surface area contributed by atoms with Crippen molar-refractivity contribution in [2.45, 2.75) is 45.0 Å². The number of rotatable bonds is 7. The Hall–Kier alpha value is -1.92. The number of carboxylic acids is 1. The van der Waals surface area contributed by atoms with Gasteiger partial charge in [0, 0.05) is 13.0 Å². The normalized spacial score (nSPS) is 19.1. The zero-order valence-corrected chi connectivity index (χ0v) is 13.2. The molecule has 0 radical (unpaired) electrons. The number of esters is 1. The van der Waals surface area contributed by atoms with Gasteiger partial charge in [-0.2, -0.15) is 0 Å². The molecule has 1 N–H and O–H groups in total. The topological polar surface area (TPSA) is 82.1 Å². The fourth-order valence-corrected chi connectivity index (χ4v) is 2.39. The summed E-state index contributed by atoms with van der Waals surface area (Å²) in [5, 5.41) is 9.07. The van der Waals surface area contributed by atoms with E-state index in [0.29, 0.717) is 6.42 Å². The molecule has 0 aliphatic carbocycles. The van der Waals surface area contributed by atoms with Gasteiger partial charge < -0.3 is 19.3 Å². The number of carboxylic acid groups (broad SMARTS) is 1. The number of hydrogen-bond acceptors (Lipinski definition) is 5. The summed E-state index contributed by atoms with van der Waals surface area (Å²) >= 11 is 0. The summed E-state index contributed by atoms with van der Waals surface area (Å²) in [6.07, 6.45) is 3.30. The largest absolute Gasteiger partial charge is 0.478 e. The third-order valence-corrected chi connectivity index (χ3v) is 3.66. The molecule has 23 heavy (non-hydrogen) atoms. The first-order chi connectivity index (χ1) is 11.1. The highest BCUT2D eigenvalue weighted by atomic mass is 16.7. The van der Waals surface area contributed by atoms with E-state index in [4.69, 9.17) is 19.3 Å². The molecule has 0 saturated carbocycles. The Morgan fingerprint density at radius 1 is 1.30 bits per heavy atom. The summed E-state index contributed by atoms with van der Waals surface area (Å²) in [5.74, 6) is -1.78. The average Bonchev–Trinajstić information content (AvgIpc) is 2.55. The Morgan fingerprint density at radius 3 is 2.70 bits per heavy atom. The number of ether oxygens (including phenoxy) is 3. The summed E-state index contributed by atoms with van der Waals surface area (Å²) < 4.78 is 16.4. The minimum Gasteiger partial charge on any atom is -0.478 e.